The van der Waals surface area contributed by atoms with E-state index >= 15 is 0 Å². The Morgan fingerprint density at radius 3 is 2.67 bits per heavy atom. The maximum absolute atomic E-state index is 9.60. The maximum Gasteiger partial charge on any atom is 0.186 e. The Labute approximate surface area is 128 Å². The molecule has 1 aromatic rings. The van der Waals surface area contributed by atoms with Gasteiger partial charge in [0.15, 0.2) is 13.9 Å². The summed E-state index contributed by atoms with van der Waals surface area (Å²) in [5.41, 5.74) is 1.44. The fourth-order valence-corrected chi connectivity index (χ4v) is 4.64. The van der Waals surface area contributed by atoms with Gasteiger partial charge >= 0.3 is 0 Å². The third-order valence-corrected chi connectivity index (χ3v) is 5.85. The van der Waals surface area contributed by atoms with Crippen LogP contribution < -0.4 is 0 Å². The minimum Gasteiger partial charge on any atom is -0.396 e. The van der Waals surface area contributed by atoms with Gasteiger partial charge in [-0.05, 0) is 66.7 Å². The normalized spacial score (nSPS) is 22.7. The van der Waals surface area contributed by atoms with Crippen LogP contribution in [0.15, 0.2) is 12.1 Å². The molecule has 2 nitrogen and oxygen atoms in total. The summed E-state index contributed by atoms with van der Waals surface area (Å²) in [5, 5.41) is 10.4. The molecule has 1 unspecified atom stereocenters. The fourth-order valence-electron chi connectivity index (χ4n) is 2.42. The quantitative estimate of drug-likeness (QED) is 0.551. The number of nitrogens with zero attached hydrogens (tertiary/aromatic N) is 1. The van der Waals surface area contributed by atoms with Crippen LogP contribution in [0.2, 0.25) is 24.7 Å². The number of benzene rings is 1. The van der Waals surface area contributed by atoms with Crippen molar-refractivity contribution in [3.63, 3.8) is 0 Å². The highest BCUT2D eigenvalue weighted by Crippen LogP contribution is 2.44. The molecule has 1 aliphatic carbocycles. The molecule has 18 heavy (non-hydrogen) atoms. The lowest BCUT2D eigenvalue weighted by atomic mass is 9.98. The average Bonchev–Trinajstić information content (AvgIpc) is 2.62. The van der Waals surface area contributed by atoms with Crippen LogP contribution in [0.4, 0.5) is 0 Å². The van der Waals surface area contributed by atoms with Crippen LogP contribution in [0.3, 0.4) is 0 Å². The van der Waals surface area contributed by atoms with Gasteiger partial charge in [-0.1, -0.05) is 17.7 Å². The van der Waals surface area contributed by atoms with Crippen molar-refractivity contribution in [3.8, 4) is 6.07 Å². The van der Waals surface area contributed by atoms with Crippen LogP contribution in [0.5, 0.6) is 0 Å². The zero-order valence-corrected chi connectivity index (χ0v) is 14.6. The molecule has 5 heteroatoms. The van der Waals surface area contributed by atoms with Gasteiger partial charge in [-0.15, -0.1) is 0 Å². The molecule has 0 N–H and O–H groups in total. The molecule has 96 valence electrons. The van der Waals surface area contributed by atoms with Crippen molar-refractivity contribution in [1.29, 1.82) is 5.26 Å². The first kappa shape index (κ1) is 14.3. The molecule has 0 amide bonds. The van der Waals surface area contributed by atoms with E-state index in [0.29, 0.717) is 0 Å². The Balaban J connectivity index is 2.53. The molecule has 1 atom stereocenters. The van der Waals surface area contributed by atoms with E-state index in [2.05, 4.69) is 48.3 Å². The van der Waals surface area contributed by atoms with E-state index in [1.807, 2.05) is 12.1 Å². The highest BCUT2D eigenvalue weighted by Gasteiger charge is 2.44. The summed E-state index contributed by atoms with van der Waals surface area (Å²) in [7, 11) is -1.77. The third-order valence-electron chi connectivity index (χ3n) is 3.02. The molecule has 1 aliphatic rings. The molecule has 0 spiro atoms. The van der Waals surface area contributed by atoms with E-state index < -0.39 is 13.9 Å². The van der Waals surface area contributed by atoms with Gasteiger partial charge in [0.05, 0.1) is 5.02 Å². The summed E-state index contributed by atoms with van der Waals surface area (Å²) in [4.78, 5) is 0. The van der Waals surface area contributed by atoms with Crippen molar-refractivity contribution in [2.24, 2.45) is 0 Å². The summed E-state index contributed by atoms with van der Waals surface area (Å²) < 4.78 is 7.25. The fraction of sp³-hybridized carbons (Fsp3) is 0.462. The SMILES string of the molecule is C[Si](C)(C)OC1(C#N)CCc2c1ccc(Cl)c2I. The van der Waals surface area contributed by atoms with Crippen molar-refractivity contribution in [2.75, 3.05) is 0 Å². The number of rotatable bonds is 2. The number of fused-ring (bicyclic) bond motifs is 1. The van der Waals surface area contributed by atoms with Crippen LogP contribution in [-0.2, 0) is 16.4 Å². The lowest BCUT2D eigenvalue weighted by Crippen LogP contribution is -2.38. The van der Waals surface area contributed by atoms with Gasteiger partial charge in [0.25, 0.3) is 0 Å². The molecule has 0 radical (unpaired) electrons. The minimum absolute atomic E-state index is 0.736. The monoisotopic (exact) mass is 391 g/mol. The molecule has 2 rings (SSSR count). The second-order valence-electron chi connectivity index (χ2n) is 5.54. The van der Waals surface area contributed by atoms with Gasteiger partial charge in [0, 0.05) is 9.13 Å². The summed E-state index contributed by atoms with van der Waals surface area (Å²) in [6, 6.07) is 6.23. The second-order valence-corrected chi connectivity index (χ2v) is 11.5. The van der Waals surface area contributed by atoms with E-state index in [9.17, 15) is 5.26 Å². The van der Waals surface area contributed by atoms with Crippen molar-refractivity contribution < 1.29 is 4.43 Å². The van der Waals surface area contributed by atoms with E-state index in [1.165, 1.54) is 5.56 Å². The Morgan fingerprint density at radius 2 is 2.11 bits per heavy atom. The number of hydrogen-bond donors (Lipinski definition) is 0. The predicted molar refractivity (Wildman–Crippen MR) is 84.2 cm³/mol. The van der Waals surface area contributed by atoms with Crippen LogP contribution >= 0.6 is 34.2 Å². The third kappa shape index (κ3) is 2.46. The van der Waals surface area contributed by atoms with Gasteiger partial charge < -0.3 is 4.43 Å². The lowest BCUT2D eigenvalue weighted by molar-refractivity contribution is 0.121. The van der Waals surface area contributed by atoms with E-state index in [1.54, 1.807) is 0 Å². The van der Waals surface area contributed by atoms with Crippen LogP contribution in [0, 0.1) is 14.9 Å². The predicted octanol–water partition coefficient (Wildman–Crippen LogP) is 4.46. The zero-order valence-electron chi connectivity index (χ0n) is 10.7. The summed E-state index contributed by atoms with van der Waals surface area (Å²) in [5.74, 6) is 0. The lowest BCUT2D eigenvalue weighted by Gasteiger charge is -2.31. The highest BCUT2D eigenvalue weighted by atomic mass is 127. The van der Waals surface area contributed by atoms with Gasteiger partial charge in [-0.2, -0.15) is 5.26 Å². The number of nitriles is 1. The van der Waals surface area contributed by atoms with Crippen LogP contribution in [-0.4, -0.2) is 8.32 Å². The van der Waals surface area contributed by atoms with E-state index in [0.717, 1.165) is 27.0 Å². The van der Waals surface area contributed by atoms with Gasteiger partial charge in [-0.25, -0.2) is 0 Å². The summed E-state index contributed by atoms with van der Waals surface area (Å²) >= 11 is 8.39. The van der Waals surface area contributed by atoms with Crippen molar-refractivity contribution >= 4 is 42.5 Å². The molecule has 0 saturated heterocycles. The molecule has 0 aliphatic heterocycles. The van der Waals surface area contributed by atoms with E-state index in [-0.39, 0.29) is 0 Å². The first-order chi connectivity index (χ1) is 8.29. The minimum atomic E-state index is -1.77. The molecule has 0 aromatic heterocycles. The topological polar surface area (TPSA) is 33.0 Å². The van der Waals surface area contributed by atoms with E-state index in [4.69, 9.17) is 16.0 Å². The summed E-state index contributed by atoms with van der Waals surface area (Å²) in [6.07, 6.45) is 1.60. The van der Waals surface area contributed by atoms with Crippen LogP contribution in [0.25, 0.3) is 0 Å². The largest absolute Gasteiger partial charge is 0.396 e. The van der Waals surface area contributed by atoms with Crippen LogP contribution in [0.1, 0.15) is 17.5 Å². The number of halogens is 2. The van der Waals surface area contributed by atoms with Gasteiger partial charge in [-0.3, -0.25) is 0 Å². The molecule has 0 fully saturated rings. The number of hydrogen-bond acceptors (Lipinski definition) is 2. The zero-order chi connectivity index (χ0) is 13.6. The maximum atomic E-state index is 9.60. The molecule has 1 aromatic carbocycles. The van der Waals surface area contributed by atoms with Gasteiger partial charge in [0.1, 0.15) is 6.07 Å². The van der Waals surface area contributed by atoms with Crippen molar-refractivity contribution in [3.05, 3.63) is 31.9 Å². The molecule has 0 heterocycles. The Kier molecular flexibility index (Phi) is 3.80. The smallest absolute Gasteiger partial charge is 0.186 e. The van der Waals surface area contributed by atoms with Crippen molar-refractivity contribution in [2.45, 2.75) is 38.1 Å². The Morgan fingerprint density at radius 1 is 1.44 bits per heavy atom. The standard InChI is InChI=1S/C13H15ClINOSi/c1-18(2,3)17-13(8-16)7-6-9-10(13)4-5-11(14)12(9)15/h4-5H,6-7H2,1-3H3. The van der Waals surface area contributed by atoms with Crippen molar-refractivity contribution in [1.82, 2.24) is 0 Å². The molecular formula is C13H15ClINOSi. The second kappa shape index (κ2) is 4.78. The first-order valence-electron chi connectivity index (χ1n) is 5.88. The highest BCUT2D eigenvalue weighted by molar-refractivity contribution is 14.1. The average molecular weight is 392 g/mol. The molecule has 0 bridgehead atoms. The molecular weight excluding hydrogens is 377 g/mol. The first-order valence-corrected chi connectivity index (χ1v) is 10.7. The summed E-state index contributed by atoms with van der Waals surface area (Å²) in [6.45, 7) is 6.35. The van der Waals surface area contributed by atoms with Gasteiger partial charge in [0.2, 0.25) is 0 Å². The Bertz CT molecular complexity index is 535. The molecule has 0 saturated carbocycles. The Hall–Kier alpha value is -0.0931.